The minimum Gasteiger partial charge on any atom is -0.315 e. The van der Waals surface area contributed by atoms with Crippen LogP contribution in [-0.2, 0) is 0 Å². The fourth-order valence-electron chi connectivity index (χ4n) is 3.05. The van der Waals surface area contributed by atoms with Crippen LogP contribution in [0.5, 0.6) is 0 Å². The lowest BCUT2D eigenvalue weighted by atomic mass is 10.00. The molecule has 0 spiro atoms. The van der Waals surface area contributed by atoms with Crippen molar-refractivity contribution >= 4 is 5.69 Å². The molecule has 5 heteroatoms. The topological polar surface area (TPSA) is 58.4 Å². The van der Waals surface area contributed by atoms with Crippen molar-refractivity contribution < 1.29 is 4.92 Å². The first-order valence-electron chi connectivity index (χ1n) is 7.34. The number of piperidine rings is 1. The Labute approximate surface area is 120 Å². The van der Waals surface area contributed by atoms with E-state index in [0.29, 0.717) is 6.04 Å². The smallest absolute Gasteiger partial charge is 0.269 e. The van der Waals surface area contributed by atoms with Crippen LogP contribution in [0.3, 0.4) is 0 Å². The summed E-state index contributed by atoms with van der Waals surface area (Å²) in [4.78, 5) is 13.0. The Morgan fingerprint density at radius 3 is 2.95 bits per heavy atom. The lowest BCUT2D eigenvalue weighted by Gasteiger charge is -2.38. The molecule has 0 aliphatic carbocycles. The van der Waals surface area contributed by atoms with E-state index in [-0.39, 0.29) is 16.7 Å². The fourth-order valence-corrected chi connectivity index (χ4v) is 3.05. The third kappa shape index (κ3) is 3.35. The lowest BCUT2D eigenvalue weighted by molar-refractivity contribution is -0.385. The summed E-state index contributed by atoms with van der Waals surface area (Å²) in [6.07, 6.45) is 2.39. The molecule has 2 atom stereocenters. The van der Waals surface area contributed by atoms with Crippen molar-refractivity contribution in [2.24, 2.45) is 0 Å². The van der Waals surface area contributed by atoms with Crippen LogP contribution in [0, 0.1) is 10.1 Å². The van der Waals surface area contributed by atoms with Crippen LogP contribution >= 0.6 is 0 Å². The maximum absolute atomic E-state index is 10.9. The summed E-state index contributed by atoms with van der Waals surface area (Å²) in [5, 5.41) is 14.3. The average Bonchev–Trinajstić information content (AvgIpc) is 2.49. The normalized spacial score (nSPS) is 20.9. The molecule has 0 aromatic heterocycles. The zero-order chi connectivity index (χ0) is 14.5. The van der Waals surface area contributed by atoms with Gasteiger partial charge in [-0.05, 0) is 38.4 Å². The van der Waals surface area contributed by atoms with Crippen LogP contribution < -0.4 is 5.32 Å². The molecule has 1 saturated heterocycles. The van der Waals surface area contributed by atoms with Crippen LogP contribution in [0.2, 0.25) is 0 Å². The van der Waals surface area contributed by atoms with E-state index in [1.165, 1.54) is 12.8 Å². The van der Waals surface area contributed by atoms with Crippen LogP contribution in [0.1, 0.15) is 38.3 Å². The summed E-state index contributed by atoms with van der Waals surface area (Å²) in [7, 11) is 0. The van der Waals surface area contributed by atoms with Crippen molar-refractivity contribution in [1.82, 2.24) is 10.2 Å². The number of rotatable bonds is 5. The van der Waals surface area contributed by atoms with Gasteiger partial charge in [0.25, 0.3) is 5.69 Å². The number of benzene rings is 1. The molecule has 2 rings (SSSR count). The second kappa shape index (κ2) is 6.81. The van der Waals surface area contributed by atoms with Crippen molar-refractivity contribution in [2.75, 3.05) is 19.6 Å². The van der Waals surface area contributed by atoms with E-state index in [2.05, 4.69) is 24.1 Å². The van der Waals surface area contributed by atoms with Gasteiger partial charge in [-0.25, -0.2) is 0 Å². The molecule has 0 radical (unpaired) electrons. The zero-order valence-electron chi connectivity index (χ0n) is 12.2. The minimum atomic E-state index is -0.325. The van der Waals surface area contributed by atoms with Gasteiger partial charge in [-0.15, -0.1) is 0 Å². The van der Waals surface area contributed by atoms with Gasteiger partial charge in [0.05, 0.1) is 4.92 Å². The largest absolute Gasteiger partial charge is 0.315 e. The van der Waals surface area contributed by atoms with Gasteiger partial charge >= 0.3 is 0 Å². The van der Waals surface area contributed by atoms with E-state index in [4.69, 9.17) is 0 Å². The molecule has 1 aromatic rings. The van der Waals surface area contributed by atoms with E-state index < -0.39 is 0 Å². The zero-order valence-corrected chi connectivity index (χ0v) is 12.2. The standard InChI is InChI=1S/C15H23N3O2/c1-3-17(15-8-5-9-16-11-15)12(2)13-6-4-7-14(10-13)18(19)20/h4,6-7,10,12,15-16H,3,5,8-9,11H2,1-2H3. The predicted molar refractivity (Wildman–Crippen MR) is 79.8 cm³/mol. The molecule has 1 N–H and O–H groups in total. The van der Waals surface area contributed by atoms with Crippen molar-refractivity contribution in [3.05, 3.63) is 39.9 Å². The van der Waals surface area contributed by atoms with Gasteiger partial charge in [-0.2, -0.15) is 0 Å². The SMILES string of the molecule is CCN(C1CCCNC1)C(C)c1cccc([N+](=O)[O-])c1. The van der Waals surface area contributed by atoms with Gasteiger partial charge < -0.3 is 5.32 Å². The van der Waals surface area contributed by atoms with Gasteiger partial charge in [-0.3, -0.25) is 15.0 Å². The summed E-state index contributed by atoms with van der Waals surface area (Å²) in [5.41, 5.74) is 1.19. The van der Waals surface area contributed by atoms with Crippen LogP contribution in [0.25, 0.3) is 0 Å². The number of nitro benzene ring substituents is 1. The second-order valence-corrected chi connectivity index (χ2v) is 5.36. The Morgan fingerprint density at radius 1 is 1.55 bits per heavy atom. The maximum atomic E-state index is 10.9. The molecule has 20 heavy (non-hydrogen) atoms. The Bertz CT molecular complexity index is 458. The molecular weight excluding hydrogens is 254 g/mol. The highest BCUT2D eigenvalue weighted by Crippen LogP contribution is 2.27. The van der Waals surface area contributed by atoms with Crippen LogP contribution in [0.4, 0.5) is 5.69 Å². The Kier molecular flexibility index (Phi) is 5.09. The molecule has 0 bridgehead atoms. The number of nitro groups is 1. The van der Waals surface area contributed by atoms with Crippen molar-refractivity contribution in [3.8, 4) is 0 Å². The molecule has 0 saturated carbocycles. The Hall–Kier alpha value is -1.46. The van der Waals surface area contributed by atoms with E-state index in [9.17, 15) is 10.1 Å². The van der Waals surface area contributed by atoms with E-state index in [1.54, 1.807) is 18.2 Å². The summed E-state index contributed by atoms with van der Waals surface area (Å²) in [5.74, 6) is 0. The molecule has 1 aliphatic rings. The maximum Gasteiger partial charge on any atom is 0.269 e. The summed E-state index contributed by atoms with van der Waals surface area (Å²) in [6, 6.07) is 7.72. The molecule has 1 fully saturated rings. The van der Waals surface area contributed by atoms with Gasteiger partial charge in [0.15, 0.2) is 0 Å². The molecule has 1 aromatic carbocycles. The van der Waals surface area contributed by atoms with E-state index in [0.717, 1.165) is 25.2 Å². The summed E-state index contributed by atoms with van der Waals surface area (Å²) in [6.45, 7) is 7.35. The highest BCUT2D eigenvalue weighted by atomic mass is 16.6. The molecular formula is C15H23N3O2. The number of non-ortho nitro benzene ring substituents is 1. The Balaban J connectivity index is 2.16. The predicted octanol–water partition coefficient (Wildman–Crippen LogP) is 2.73. The van der Waals surface area contributed by atoms with Gasteiger partial charge in [0.2, 0.25) is 0 Å². The number of hydrogen-bond acceptors (Lipinski definition) is 4. The number of likely N-dealkylation sites (N-methyl/N-ethyl adjacent to an activating group) is 1. The highest BCUT2D eigenvalue weighted by molar-refractivity contribution is 5.35. The van der Waals surface area contributed by atoms with E-state index >= 15 is 0 Å². The monoisotopic (exact) mass is 277 g/mol. The molecule has 5 nitrogen and oxygen atoms in total. The first kappa shape index (κ1) is 14.9. The van der Waals surface area contributed by atoms with E-state index in [1.807, 2.05) is 6.07 Å². The molecule has 1 aliphatic heterocycles. The van der Waals surface area contributed by atoms with Crippen molar-refractivity contribution in [3.63, 3.8) is 0 Å². The Morgan fingerprint density at radius 2 is 2.35 bits per heavy atom. The first-order chi connectivity index (χ1) is 9.63. The van der Waals surface area contributed by atoms with Crippen molar-refractivity contribution in [2.45, 2.75) is 38.8 Å². The average molecular weight is 277 g/mol. The second-order valence-electron chi connectivity index (χ2n) is 5.36. The molecule has 1 heterocycles. The molecule has 0 amide bonds. The molecule has 110 valence electrons. The quantitative estimate of drug-likeness (QED) is 0.664. The van der Waals surface area contributed by atoms with Gasteiger partial charge in [0, 0.05) is 30.8 Å². The highest BCUT2D eigenvalue weighted by Gasteiger charge is 2.25. The summed E-state index contributed by atoms with van der Waals surface area (Å²) >= 11 is 0. The number of hydrogen-bond donors (Lipinski definition) is 1. The van der Waals surface area contributed by atoms with Gasteiger partial charge in [0.1, 0.15) is 0 Å². The third-order valence-corrected chi connectivity index (χ3v) is 4.17. The number of nitrogens with one attached hydrogen (secondary N) is 1. The van der Waals surface area contributed by atoms with Gasteiger partial charge in [-0.1, -0.05) is 19.1 Å². The molecule has 2 unspecified atom stereocenters. The van der Waals surface area contributed by atoms with Crippen molar-refractivity contribution in [1.29, 1.82) is 0 Å². The summed E-state index contributed by atoms with van der Waals surface area (Å²) < 4.78 is 0. The van der Waals surface area contributed by atoms with Crippen LogP contribution in [-0.4, -0.2) is 35.5 Å². The number of nitrogens with zero attached hydrogens (tertiary/aromatic N) is 2. The lowest BCUT2D eigenvalue weighted by Crippen LogP contribution is -2.46. The fraction of sp³-hybridized carbons (Fsp3) is 0.600. The van der Waals surface area contributed by atoms with Crippen LogP contribution in [0.15, 0.2) is 24.3 Å². The minimum absolute atomic E-state index is 0.173. The first-order valence-corrected chi connectivity index (χ1v) is 7.34. The third-order valence-electron chi connectivity index (χ3n) is 4.17.